The predicted octanol–water partition coefficient (Wildman–Crippen LogP) is 3.30. The third kappa shape index (κ3) is 3.53. The summed E-state index contributed by atoms with van der Waals surface area (Å²) in [6.45, 7) is 0.817. The molecule has 1 aromatic carbocycles. The number of benzene rings is 1. The molecule has 0 aliphatic carbocycles. The minimum Gasteiger partial charge on any atom is -0.330 e. The molecule has 0 aliphatic rings. The highest BCUT2D eigenvalue weighted by Crippen LogP contribution is 2.14. The highest BCUT2D eigenvalue weighted by molar-refractivity contribution is 5.78. The molecule has 0 bridgehead atoms. The Hall–Kier alpha value is -1.41. The van der Waals surface area contributed by atoms with Gasteiger partial charge in [-0.1, -0.05) is 31.0 Å². The summed E-state index contributed by atoms with van der Waals surface area (Å²) < 4.78 is 0. The fourth-order valence-corrected chi connectivity index (χ4v) is 2.08. The third-order valence-corrected chi connectivity index (χ3v) is 3.07. The van der Waals surface area contributed by atoms with Crippen LogP contribution in [0, 0.1) is 0 Å². The lowest BCUT2D eigenvalue weighted by Gasteiger charge is -2.03. The molecule has 2 heteroatoms. The molecule has 17 heavy (non-hydrogen) atoms. The van der Waals surface area contributed by atoms with E-state index >= 15 is 0 Å². The Morgan fingerprint density at radius 1 is 1.00 bits per heavy atom. The van der Waals surface area contributed by atoms with Crippen LogP contribution in [-0.2, 0) is 6.42 Å². The summed E-state index contributed by atoms with van der Waals surface area (Å²) >= 11 is 0. The molecule has 2 aromatic rings. The van der Waals surface area contributed by atoms with E-state index in [9.17, 15) is 0 Å². The van der Waals surface area contributed by atoms with Gasteiger partial charge in [-0.3, -0.25) is 4.98 Å². The van der Waals surface area contributed by atoms with Crippen LogP contribution < -0.4 is 5.73 Å². The Morgan fingerprint density at radius 2 is 1.82 bits per heavy atom. The van der Waals surface area contributed by atoms with Crippen molar-refractivity contribution in [2.75, 3.05) is 6.54 Å². The first-order valence-electron chi connectivity index (χ1n) is 6.44. The zero-order valence-electron chi connectivity index (χ0n) is 10.2. The number of nitrogens with two attached hydrogens (primary N) is 1. The molecule has 0 unspecified atom stereocenters. The van der Waals surface area contributed by atoms with Gasteiger partial charge in [-0.15, -0.1) is 0 Å². The summed E-state index contributed by atoms with van der Waals surface area (Å²) in [6.07, 6.45) is 8.03. The lowest BCUT2D eigenvalue weighted by atomic mass is 10.1. The van der Waals surface area contributed by atoms with Crippen LogP contribution in [0.25, 0.3) is 10.9 Å². The average molecular weight is 228 g/mol. The zero-order chi connectivity index (χ0) is 11.9. The molecule has 0 saturated carbocycles. The number of aryl methyl sites for hydroxylation is 1. The van der Waals surface area contributed by atoms with Crippen molar-refractivity contribution < 1.29 is 0 Å². The lowest BCUT2D eigenvalue weighted by Crippen LogP contribution is -1.97. The largest absolute Gasteiger partial charge is 0.330 e. The van der Waals surface area contributed by atoms with Crippen LogP contribution in [0.2, 0.25) is 0 Å². The van der Waals surface area contributed by atoms with Crippen LogP contribution in [0.15, 0.2) is 36.5 Å². The Bertz CT molecular complexity index is 465. The Balaban J connectivity index is 1.90. The summed E-state index contributed by atoms with van der Waals surface area (Å²) in [7, 11) is 0. The molecule has 2 rings (SSSR count). The second kappa shape index (κ2) is 6.36. The highest BCUT2D eigenvalue weighted by Gasteiger charge is 1.97. The molecule has 1 heterocycles. The van der Waals surface area contributed by atoms with Crippen molar-refractivity contribution in [1.29, 1.82) is 0 Å². The molecule has 2 N–H and O–H groups in total. The summed E-state index contributed by atoms with van der Waals surface area (Å²) in [5, 5.41) is 1.24. The molecule has 90 valence electrons. The molecular formula is C15H20N2. The van der Waals surface area contributed by atoms with Crippen LogP contribution in [-0.4, -0.2) is 11.5 Å². The third-order valence-electron chi connectivity index (χ3n) is 3.07. The Morgan fingerprint density at radius 3 is 2.71 bits per heavy atom. The number of pyridine rings is 1. The van der Waals surface area contributed by atoms with E-state index in [1.807, 2.05) is 12.3 Å². The van der Waals surface area contributed by atoms with Crippen molar-refractivity contribution in [3.63, 3.8) is 0 Å². The maximum absolute atomic E-state index is 5.47. The summed E-state index contributed by atoms with van der Waals surface area (Å²) in [6, 6.07) is 10.5. The minimum absolute atomic E-state index is 0.817. The summed E-state index contributed by atoms with van der Waals surface area (Å²) in [4.78, 5) is 4.48. The first-order chi connectivity index (χ1) is 8.40. The van der Waals surface area contributed by atoms with E-state index in [1.54, 1.807) is 0 Å². The van der Waals surface area contributed by atoms with Crippen LogP contribution >= 0.6 is 0 Å². The van der Waals surface area contributed by atoms with Crippen molar-refractivity contribution in [1.82, 2.24) is 4.98 Å². The number of para-hydroxylation sites is 1. The molecule has 0 spiro atoms. The molecule has 0 amide bonds. The molecule has 0 fully saturated rings. The predicted molar refractivity (Wildman–Crippen MR) is 73.0 cm³/mol. The van der Waals surface area contributed by atoms with Gasteiger partial charge in [-0.25, -0.2) is 0 Å². The lowest BCUT2D eigenvalue weighted by molar-refractivity contribution is 0.646. The van der Waals surface area contributed by atoms with E-state index in [0.29, 0.717) is 0 Å². The number of hydrogen-bond acceptors (Lipinski definition) is 2. The topological polar surface area (TPSA) is 38.9 Å². The van der Waals surface area contributed by atoms with Crippen molar-refractivity contribution in [2.45, 2.75) is 32.1 Å². The van der Waals surface area contributed by atoms with Gasteiger partial charge in [0.15, 0.2) is 0 Å². The average Bonchev–Trinajstić information content (AvgIpc) is 2.38. The highest BCUT2D eigenvalue weighted by atomic mass is 14.6. The van der Waals surface area contributed by atoms with E-state index in [4.69, 9.17) is 5.73 Å². The number of nitrogens with zero attached hydrogens (tertiary/aromatic N) is 1. The molecule has 0 saturated heterocycles. The van der Waals surface area contributed by atoms with Crippen LogP contribution in [0.3, 0.4) is 0 Å². The first-order valence-corrected chi connectivity index (χ1v) is 6.44. The maximum atomic E-state index is 5.47. The Kier molecular flexibility index (Phi) is 4.51. The van der Waals surface area contributed by atoms with Crippen LogP contribution in [0.1, 0.15) is 31.2 Å². The van der Waals surface area contributed by atoms with Crippen LogP contribution in [0.5, 0.6) is 0 Å². The number of aromatic nitrogens is 1. The van der Waals surface area contributed by atoms with Crippen molar-refractivity contribution in [2.24, 2.45) is 5.73 Å². The van der Waals surface area contributed by atoms with E-state index in [-0.39, 0.29) is 0 Å². The SMILES string of the molecule is NCCCCCCc1cnc2ccccc2c1. The quantitative estimate of drug-likeness (QED) is 0.770. The Labute approximate surface area is 103 Å². The smallest absolute Gasteiger partial charge is 0.0702 e. The standard InChI is InChI=1S/C15H20N2/c16-10-6-2-1-3-7-13-11-14-8-4-5-9-15(14)17-12-13/h4-5,8-9,11-12H,1-3,6-7,10,16H2. The normalized spacial score (nSPS) is 10.9. The maximum Gasteiger partial charge on any atom is 0.0702 e. The van der Waals surface area contributed by atoms with Gasteiger partial charge in [0.2, 0.25) is 0 Å². The minimum atomic E-state index is 0.817. The van der Waals surface area contributed by atoms with Crippen LogP contribution in [0.4, 0.5) is 0 Å². The summed E-state index contributed by atoms with van der Waals surface area (Å²) in [5.74, 6) is 0. The zero-order valence-corrected chi connectivity index (χ0v) is 10.2. The van der Waals surface area contributed by atoms with E-state index < -0.39 is 0 Å². The van der Waals surface area contributed by atoms with Crippen molar-refractivity contribution in [3.05, 3.63) is 42.1 Å². The number of hydrogen-bond donors (Lipinski definition) is 1. The van der Waals surface area contributed by atoms with Gasteiger partial charge >= 0.3 is 0 Å². The van der Waals surface area contributed by atoms with Crippen molar-refractivity contribution in [3.8, 4) is 0 Å². The molecule has 1 aromatic heterocycles. The summed E-state index contributed by atoms with van der Waals surface area (Å²) in [5.41, 5.74) is 7.90. The van der Waals surface area contributed by atoms with E-state index in [1.165, 1.54) is 30.2 Å². The molecular weight excluding hydrogens is 208 g/mol. The van der Waals surface area contributed by atoms with Crippen molar-refractivity contribution >= 4 is 10.9 Å². The molecule has 0 radical (unpaired) electrons. The molecule has 0 atom stereocenters. The number of rotatable bonds is 6. The van der Waals surface area contributed by atoms with Gasteiger partial charge in [0.1, 0.15) is 0 Å². The van der Waals surface area contributed by atoms with Gasteiger partial charge < -0.3 is 5.73 Å². The molecule has 2 nitrogen and oxygen atoms in total. The van der Waals surface area contributed by atoms with E-state index in [0.717, 1.165) is 24.9 Å². The van der Waals surface area contributed by atoms with Gasteiger partial charge in [0, 0.05) is 11.6 Å². The monoisotopic (exact) mass is 228 g/mol. The van der Waals surface area contributed by atoms with E-state index in [2.05, 4.69) is 29.2 Å². The second-order valence-corrected chi connectivity index (χ2v) is 4.49. The van der Waals surface area contributed by atoms with Gasteiger partial charge in [0.05, 0.1) is 5.52 Å². The fourth-order valence-electron chi connectivity index (χ4n) is 2.08. The first kappa shape index (κ1) is 12.1. The van der Waals surface area contributed by atoms with Gasteiger partial charge in [0.25, 0.3) is 0 Å². The molecule has 0 aliphatic heterocycles. The van der Waals surface area contributed by atoms with Gasteiger partial charge in [-0.05, 0) is 43.5 Å². The fraction of sp³-hybridized carbons (Fsp3) is 0.400. The van der Waals surface area contributed by atoms with Gasteiger partial charge in [-0.2, -0.15) is 0 Å². The number of fused-ring (bicyclic) bond motifs is 1. The second-order valence-electron chi connectivity index (χ2n) is 4.49. The number of unbranched alkanes of at least 4 members (excludes halogenated alkanes) is 3.